The van der Waals surface area contributed by atoms with E-state index in [2.05, 4.69) is 55.2 Å². The SMILES string of the molecule is BC[C@H](C[C@@H](CC)OC)N(C)c1ccc2c(c1)N(C(=O)[C@H]1CC[C@H](OC(C)C)CO1)Cc1cccnc1N2. The number of pyridine rings is 1. The van der Waals surface area contributed by atoms with Gasteiger partial charge in [0.1, 0.15) is 19.8 Å². The molecule has 0 spiro atoms. The molecule has 2 aliphatic heterocycles. The van der Waals surface area contributed by atoms with Crippen molar-refractivity contribution in [1.29, 1.82) is 0 Å². The fraction of sp³-hybridized carbons (Fsp3) is 0.586. The largest absolute Gasteiger partial charge is 0.381 e. The van der Waals surface area contributed by atoms with Gasteiger partial charge in [-0.15, -0.1) is 0 Å². The van der Waals surface area contributed by atoms with Crippen LogP contribution in [0.1, 0.15) is 52.0 Å². The van der Waals surface area contributed by atoms with E-state index in [1.807, 2.05) is 30.9 Å². The normalized spacial score (nSPS) is 20.6. The van der Waals surface area contributed by atoms with Crippen molar-refractivity contribution in [2.45, 2.75) is 89.8 Å². The van der Waals surface area contributed by atoms with Gasteiger partial charge in [-0.1, -0.05) is 19.3 Å². The first-order chi connectivity index (χ1) is 18.3. The predicted molar refractivity (Wildman–Crippen MR) is 155 cm³/mol. The van der Waals surface area contributed by atoms with Crippen molar-refractivity contribution in [3.05, 3.63) is 42.1 Å². The molecule has 0 unspecified atom stereocenters. The number of hydrogen-bond acceptors (Lipinski definition) is 7. The molecule has 206 valence electrons. The molecule has 4 rings (SSSR count). The summed E-state index contributed by atoms with van der Waals surface area (Å²) in [5.41, 5.74) is 3.74. The summed E-state index contributed by atoms with van der Waals surface area (Å²) < 4.78 is 17.7. The highest BCUT2D eigenvalue weighted by Crippen LogP contribution is 2.39. The summed E-state index contributed by atoms with van der Waals surface area (Å²) in [5, 5.41) is 3.47. The number of benzene rings is 1. The lowest BCUT2D eigenvalue weighted by Gasteiger charge is -2.34. The van der Waals surface area contributed by atoms with Gasteiger partial charge in [-0.05, 0) is 63.8 Å². The van der Waals surface area contributed by atoms with Crippen LogP contribution in [-0.2, 0) is 25.5 Å². The van der Waals surface area contributed by atoms with Crippen LogP contribution in [0.15, 0.2) is 36.5 Å². The third kappa shape index (κ3) is 6.50. The highest BCUT2D eigenvalue weighted by Gasteiger charge is 2.34. The molecule has 4 atom stereocenters. The maximum absolute atomic E-state index is 14.0. The van der Waals surface area contributed by atoms with E-state index in [9.17, 15) is 4.79 Å². The molecular weight excluding hydrogens is 479 g/mol. The second-order valence-electron chi connectivity index (χ2n) is 10.6. The summed E-state index contributed by atoms with van der Waals surface area (Å²) in [6, 6.07) is 10.5. The van der Waals surface area contributed by atoms with E-state index >= 15 is 0 Å². The zero-order chi connectivity index (χ0) is 27.2. The van der Waals surface area contributed by atoms with Crippen molar-refractivity contribution in [2.75, 3.05) is 35.9 Å². The number of rotatable bonds is 10. The van der Waals surface area contributed by atoms with Gasteiger partial charge in [0.15, 0.2) is 0 Å². The number of fused-ring (bicyclic) bond motifs is 2. The quantitative estimate of drug-likeness (QED) is 0.466. The molecule has 8 nitrogen and oxygen atoms in total. The summed E-state index contributed by atoms with van der Waals surface area (Å²) in [6.07, 6.45) is 6.05. The summed E-state index contributed by atoms with van der Waals surface area (Å²) in [7, 11) is 6.13. The van der Waals surface area contributed by atoms with E-state index < -0.39 is 6.10 Å². The number of aromatic nitrogens is 1. The Morgan fingerprint density at radius 3 is 2.79 bits per heavy atom. The van der Waals surface area contributed by atoms with Crippen LogP contribution in [0.5, 0.6) is 0 Å². The third-order valence-corrected chi connectivity index (χ3v) is 7.74. The van der Waals surface area contributed by atoms with Crippen LogP contribution in [0.3, 0.4) is 0 Å². The summed E-state index contributed by atoms with van der Waals surface area (Å²) in [6.45, 7) is 7.08. The molecule has 1 amide bonds. The van der Waals surface area contributed by atoms with Crippen molar-refractivity contribution in [2.24, 2.45) is 0 Å². The van der Waals surface area contributed by atoms with Gasteiger partial charge in [0, 0.05) is 37.6 Å². The topological polar surface area (TPSA) is 76.2 Å². The van der Waals surface area contributed by atoms with Gasteiger partial charge in [-0.3, -0.25) is 4.79 Å². The molecule has 0 radical (unpaired) electrons. The molecule has 9 heteroatoms. The maximum Gasteiger partial charge on any atom is 0.256 e. The summed E-state index contributed by atoms with van der Waals surface area (Å²) in [4.78, 5) is 22.7. The van der Waals surface area contributed by atoms with Crippen LogP contribution < -0.4 is 15.1 Å². The minimum absolute atomic E-state index is 0.0231. The number of amides is 1. The Hall–Kier alpha value is -2.62. The first-order valence-electron chi connectivity index (χ1n) is 14.0. The molecule has 1 N–H and O–H groups in total. The number of carbonyl (C=O) groups excluding carboxylic acids is 1. The number of nitrogens with one attached hydrogen (secondary N) is 1. The number of ether oxygens (including phenoxy) is 3. The van der Waals surface area contributed by atoms with Gasteiger partial charge < -0.3 is 29.3 Å². The van der Waals surface area contributed by atoms with Crippen molar-refractivity contribution < 1.29 is 19.0 Å². The van der Waals surface area contributed by atoms with E-state index in [0.717, 1.165) is 54.0 Å². The van der Waals surface area contributed by atoms with Gasteiger partial charge in [0.2, 0.25) is 0 Å². The summed E-state index contributed by atoms with van der Waals surface area (Å²) in [5.74, 6) is 0.752. The lowest BCUT2D eigenvalue weighted by Crippen LogP contribution is -2.44. The monoisotopic (exact) mass is 522 g/mol. The van der Waals surface area contributed by atoms with Gasteiger partial charge in [-0.2, -0.15) is 0 Å². The Kier molecular flexibility index (Phi) is 9.68. The van der Waals surface area contributed by atoms with Crippen molar-refractivity contribution in [3.8, 4) is 0 Å². The number of carbonyl (C=O) groups is 1. The number of nitrogens with zero attached hydrogens (tertiary/aromatic N) is 3. The van der Waals surface area contributed by atoms with Crippen LogP contribution in [0.2, 0.25) is 6.32 Å². The summed E-state index contributed by atoms with van der Waals surface area (Å²) >= 11 is 0. The molecule has 2 aromatic rings. The van der Waals surface area contributed by atoms with Crippen LogP contribution >= 0.6 is 0 Å². The first kappa shape index (κ1) is 28.4. The van der Waals surface area contributed by atoms with Gasteiger partial charge >= 0.3 is 0 Å². The second kappa shape index (κ2) is 13.0. The van der Waals surface area contributed by atoms with Crippen molar-refractivity contribution >= 4 is 36.6 Å². The Morgan fingerprint density at radius 2 is 2.13 bits per heavy atom. The van der Waals surface area contributed by atoms with Gasteiger partial charge in [0.05, 0.1) is 42.8 Å². The molecule has 2 aliphatic rings. The molecule has 1 aromatic carbocycles. The Labute approximate surface area is 228 Å². The second-order valence-corrected chi connectivity index (χ2v) is 10.6. The van der Waals surface area contributed by atoms with Crippen molar-refractivity contribution in [3.63, 3.8) is 0 Å². The van der Waals surface area contributed by atoms with Crippen LogP contribution in [0, 0.1) is 0 Å². The fourth-order valence-corrected chi connectivity index (χ4v) is 5.46. The average molecular weight is 522 g/mol. The molecular formula is C29H43BN4O4. The smallest absolute Gasteiger partial charge is 0.256 e. The number of methoxy groups -OCH3 is 1. The fourth-order valence-electron chi connectivity index (χ4n) is 5.46. The number of anilines is 4. The van der Waals surface area contributed by atoms with Gasteiger partial charge in [-0.25, -0.2) is 4.98 Å². The van der Waals surface area contributed by atoms with E-state index in [1.165, 1.54) is 0 Å². The molecule has 0 bridgehead atoms. The minimum atomic E-state index is -0.495. The molecule has 1 aromatic heterocycles. The lowest BCUT2D eigenvalue weighted by molar-refractivity contribution is -0.143. The van der Waals surface area contributed by atoms with E-state index in [-0.39, 0.29) is 24.2 Å². The Balaban J connectivity index is 1.63. The zero-order valence-corrected chi connectivity index (χ0v) is 23.8. The highest BCUT2D eigenvalue weighted by atomic mass is 16.5. The van der Waals surface area contributed by atoms with E-state index in [4.69, 9.17) is 14.2 Å². The highest BCUT2D eigenvalue weighted by molar-refractivity contribution is 6.09. The lowest BCUT2D eigenvalue weighted by atomic mass is 9.91. The zero-order valence-electron chi connectivity index (χ0n) is 23.8. The predicted octanol–water partition coefficient (Wildman–Crippen LogP) is 4.32. The molecule has 1 fully saturated rings. The van der Waals surface area contributed by atoms with Crippen LogP contribution in [0.4, 0.5) is 22.9 Å². The minimum Gasteiger partial charge on any atom is -0.381 e. The maximum atomic E-state index is 14.0. The average Bonchev–Trinajstić information content (AvgIpc) is 3.09. The number of hydrogen-bond donors (Lipinski definition) is 1. The standard InChI is InChI=1S/C29H43BN4O4/c1-6-23(36-5)14-22(16-30)33(4)21-9-11-25-26(15-21)34(17-20-8-7-13-31-28(20)32-25)29(35)27-12-10-24(18-37-27)38-19(2)3/h7-9,11,13,15,19,22-24,27H,6,10,12,14,16-18,30H2,1-5H3,(H,31,32)/t22-,23+,24-,27+/m0/s1. The van der Waals surface area contributed by atoms with E-state index in [1.54, 1.807) is 13.3 Å². The molecule has 38 heavy (non-hydrogen) atoms. The third-order valence-electron chi connectivity index (χ3n) is 7.74. The van der Waals surface area contributed by atoms with E-state index in [0.29, 0.717) is 25.6 Å². The Morgan fingerprint density at radius 1 is 1.32 bits per heavy atom. The molecule has 0 aliphatic carbocycles. The van der Waals surface area contributed by atoms with Crippen LogP contribution in [0.25, 0.3) is 0 Å². The van der Waals surface area contributed by atoms with Crippen LogP contribution in [-0.4, -0.2) is 70.0 Å². The van der Waals surface area contributed by atoms with Gasteiger partial charge in [0.25, 0.3) is 5.91 Å². The molecule has 0 saturated carbocycles. The van der Waals surface area contributed by atoms with Crippen molar-refractivity contribution in [1.82, 2.24) is 4.98 Å². The Bertz CT molecular complexity index is 1070. The molecule has 1 saturated heterocycles. The molecule has 3 heterocycles. The first-order valence-corrected chi connectivity index (χ1v) is 14.0.